The molecule has 1 N–H and O–H groups in total. The number of nitrogens with one attached hydrogen (secondary N) is 1. The van der Waals surface area contributed by atoms with Crippen molar-refractivity contribution in [1.29, 1.82) is 0 Å². The van der Waals surface area contributed by atoms with Crippen molar-refractivity contribution >= 4 is 35.9 Å². The van der Waals surface area contributed by atoms with Gasteiger partial charge in [-0.05, 0) is 12.3 Å². The fourth-order valence-corrected chi connectivity index (χ4v) is 3.43. The van der Waals surface area contributed by atoms with E-state index in [0.717, 1.165) is 43.5 Å². The highest BCUT2D eigenvalue weighted by molar-refractivity contribution is 14.0. The smallest absolute Gasteiger partial charge is 0.310 e. The topological polar surface area (TPSA) is 84.6 Å². The average molecular weight is 448 g/mol. The summed E-state index contributed by atoms with van der Waals surface area (Å²) in [6.07, 6.45) is 2.14. The standard InChI is InChI=1S/C15H24N6O2.HI/c1-10-8-20(9-11(10)14(22)23-3)15(16-2)17-7-13-19-18-12-5-4-6-21(12)13;/h10-11H,4-9H2,1-3H3,(H,16,17);1H. The lowest BCUT2D eigenvalue weighted by atomic mass is 9.99. The third-order valence-corrected chi connectivity index (χ3v) is 4.72. The number of fused-ring (bicyclic) bond motifs is 1. The lowest BCUT2D eigenvalue weighted by Gasteiger charge is -2.21. The first-order valence-corrected chi connectivity index (χ1v) is 8.08. The van der Waals surface area contributed by atoms with Gasteiger partial charge in [0.25, 0.3) is 0 Å². The van der Waals surface area contributed by atoms with Gasteiger partial charge < -0.3 is 19.5 Å². The Kier molecular flexibility index (Phi) is 6.41. The molecule has 1 aromatic rings. The van der Waals surface area contributed by atoms with Gasteiger partial charge in [-0.15, -0.1) is 34.2 Å². The Labute approximate surface area is 159 Å². The van der Waals surface area contributed by atoms with E-state index in [2.05, 4.69) is 36.9 Å². The predicted molar refractivity (Wildman–Crippen MR) is 100 cm³/mol. The van der Waals surface area contributed by atoms with E-state index in [1.54, 1.807) is 7.05 Å². The van der Waals surface area contributed by atoms with Crippen LogP contribution in [0.5, 0.6) is 0 Å². The molecule has 0 bridgehead atoms. The van der Waals surface area contributed by atoms with Crippen LogP contribution in [0.2, 0.25) is 0 Å². The molecule has 9 heteroatoms. The van der Waals surface area contributed by atoms with Crippen molar-refractivity contribution in [2.45, 2.75) is 32.9 Å². The molecule has 0 amide bonds. The van der Waals surface area contributed by atoms with Gasteiger partial charge in [0.15, 0.2) is 11.8 Å². The van der Waals surface area contributed by atoms with E-state index in [1.807, 2.05) is 0 Å². The number of rotatable bonds is 3. The van der Waals surface area contributed by atoms with Crippen molar-refractivity contribution in [3.63, 3.8) is 0 Å². The predicted octanol–water partition coefficient (Wildman–Crippen LogP) is 0.659. The largest absolute Gasteiger partial charge is 0.469 e. The minimum Gasteiger partial charge on any atom is -0.469 e. The van der Waals surface area contributed by atoms with Crippen LogP contribution in [0.4, 0.5) is 0 Å². The molecule has 1 saturated heterocycles. The Bertz CT molecular complexity index is 617. The zero-order valence-corrected chi connectivity index (χ0v) is 16.7. The summed E-state index contributed by atoms with van der Waals surface area (Å²) in [7, 11) is 3.20. The second-order valence-electron chi connectivity index (χ2n) is 6.20. The third-order valence-electron chi connectivity index (χ3n) is 4.72. The van der Waals surface area contributed by atoms with E-state index >= 15 is 0 Å². The summed E-state index contributed by atoms with van der Waals surface area (Å²) in [5.74, 6) is 2.80. The van der Waals surface area contributed by atoms with Crippen LogP contribution in [0.3, 0.4) is 0 Å². The van der Waals surface area contributed by atoms with Gasteiger partial charge >= 0.3 is 5.97 Å². The number of guanidine groups is 1. The van der Waals surface area contributed by atoms with Crippen LogP contribution in [0.25, 0.3) is 0 Å². The molecule has 2 aliphatic heterocycles. The number of aryl methyl sites for hydroxylation is 1. The molecule has 3 heterocycles. The van der Waals surface area contributed by atoms with E-state index in [0.29, 0.717) is 13.1 Å². The molecule has 1 fully saturated rings. The monoisotopic (exact) mass is 448 g/mol. The molecular formula is C15H25IN6O2. The summed E-state index contributed by atoms with van der Waals surface area (Å²) in [4.78, 5) is 18.3. The van der Waals surface area contributed by atoms with E-state index in [-0.39, 0.29) is 41.8 Å². The second kappa shape index (κ2) is 8.13. The molecule has 0 radical (unpaired) electrons. The van der Waals surface area contributed by atoms with E-state index in [9.17, 15) is 4.79 Å². The number of carbonyl (C=O) groups is 1. The van der Waals surface area contributed by atoms with Crippen LogP contribution in [-0.2, 0) is 29.0 Å². The van der Waals surface area contributed by atoms with E-state index in [4.69, 9.17) is 4.74 Å². The molecule has 0 aromatic carbocycles. The Morgan fingerprint density at radius 2 is 2.21 bits per heavy atom. The zero-order chi connectivity index (χ0) is 16.4. The summed E-state index contributed by atoms with van der Waals surface area (Å²) in [6, 6.07) is 0. The van der Waals surface area contributed by atoms with Gasteiger partial charge in [-0.3, -0.25) is 9.79 Å². The second-order valence-corrected chi connectivity index (χ2v) is 6.20. The minimum absolute atomic E-state index is 0. The minimum atomic E-state index is -0.147. The lowest BCUT2D eigenvalue weighted by molar-refractivity contribution is -0.145. The van der Waals surface area contributed by atoms with Crippen molar-refractivity contribution in [2.24, 2.45) is 16.8 Å². The van der Waals surface area contributed by atoms with E-state index < -0.39 is 0 Å². The number of nitrogens with zero attached hydrogens (tertiary/aromatic N) is 5. The molecule has 0 aliphatic carbocycles. The van der Waals surface area contributed by atoms with Gasteiger partial charge in [0, 0.05) is 33.1 Å². The van der Waals surface area contributed by atoms with Gasteiger partial charge in [0.1, 0.15) is 5.82 Å². The first-order chi connectivity index (χ1) is 11.1. The number of likely N-dealkylation sites (tertiary alicyclic amines) is 1. The van der Waals surface area contributed by atoms with Crippen molar-refractivity contribution in [2.75, 3.05) is 27.2 Å². The van der Waals surface area contributed by atoms with Crippen LogP contribution in [0.1, 0.15) is 25.0 Å². The van der Waals surface area contributed by atoms with Crippen LogP contribution in [0, 0.1) is 11.8 Å². The number of esters is 1. The number of aromatic nitrogens is 3. The summed E-state index contributed by atoms with van der Waals surface area (Å²) in [5.41, 5.74) is 0. The number of hydrogen-bond donors (Lipinski definition) is 1. The van der Waals surface area contributed by atoms with Crippen molar-refractivity contribution in [3.8, 4) is 0 Å². The SMILES string of the molecule is CN=C(NCc1nnc2n1CCC2)N1CC(C)C(C(=O)OC)C1.I. The molecule has 0 saturated carbocycles. The van der Waals surface area contributed by atoms with Gasteiger partial charge in [-0.2, -0.15) is 0 Å². The quantitative estimate of drug-likeness (QED) is 0.317. The van der Waals surface area contributed by atoms with Crippen molar-refractivity contribution in [1.82, 2.24) is 25.0 Å². The van der Waals surface area contributed by atoms with Crippen LogP contribution in [0.15, 0.2) is 4.99 Å². The Morgan fingerprint density at radius 3 is 2.92 bits per heavy atom. The summed E-state index contributed by atoms with van der Waals surface area (Å²) in [6.45, 7) is 5.07. The molecule has 2 atom stereocenters. The maximum absolute atomic E-state index is 11.8. The fraction of sp³-hybridized carbons (Fsp3) is 0.733. The lowest BCUT2D eigenvalue weighted by Crippen LogP contribution is -2.40. The maximum atomic E-state index is 11.8. The number of hydrogen-bond acceptors (Lipinski definition) is 5. The number of halogens is 1. The molecule has 8 nitrogen and oxygen atoms in total. The number of ether oxygens (including phenoxy) is 1. The highest BCUT2D eigenvalue weighted by atomic mass is 127. The maximum Gasteiger partial charge on any atom is 0.310 e. The van der Waals surface area contributed by atoms with Gasteiger partial charge in [-0.1, -0.05) is 6.92 Å². The van der Waals surface area contributed by atoms with Crippen LogP contribution >= 0.6 is 24.0 Å². The zero-order valence-electron chi connectivity index (χ0n) is 14.4. The average Bonchev–Trinajstić information content (AvgIpc) is 3.24. The normalized spacial score (nSPS) is 23.0. The number of methoxy groups -OCH3 is 1. The van der Waals surface area contributed by atoms with Gasteiger partial charge in [-0.25, -0.2) is 0 Å². The number of aliphatic imine (C=N–C) groups is 1. The fourth-order valence-electron chi connectivity index (χ4n) is 3.43. The first-order valence-electron chi connectivity index (χ1n) is 8.08. The molecule has 2 unspecified atom stereocenters. The number of carbonyl (C=O) groups excluding carboxylic acids is 1. The van der Waals surface area contributed by atoms with Crippen LogP contribution in [-0.4, -0.2) is 58.8 Å². The molecular weight excluding hydrogens is 423 g/mol. The molecule has 0 spiro atoms. The van der Waals surface area contributed by atoms with E-state index in [1.165, 1.54) is 7.11 Å². The summed E-state index contributed by atoms with van der Waals surface area (Å²) < 4.78 is 7.06. The third kappa shape index (κ3) is 3.65. The first kappa shape index (κ1) is 18.9. The van der Waals surface area contributed by atoms with Crippen LogP contribution < -0.4 is 5.32 Å². The summed E-state index contributed by atoms with van der Waals surface area (Å²) >= 11 is 0. The molecule has 24 heavy (non-hydrogen) atoms. The Balaban J connectivity index is 0.00000208. The van der Waals surface area contributed by atoms with Crippen molar-refractivity contribution in [3.05, 3.63) is 11.6 Å². The molecule has 1 aromatic heterocycles. The molecule has 2 aliphatic rings. The highest BCUT2D eigenvalue weighted by Crippen LogP contribution is 2.24. The highest BCUT2D eigenvalue weighted by Gasteiger charge is 2.36. The van der Waals surface area contributed by atoms with Gasteiger partial charge in [0.2, 0.25) is 0 Å². The van der Waals surface area contributed by atoms with Crippen molar-refractivity contribution < 1.29 is 9.53 Å². The van der Waals surface area contributed by atoms with Gasteiger partial charge in [0.05, 0.1) is 19.6 Å². The Hall–Kier alpha value is -1.39. The summed E-state index contributed by atoms with van der Waals surface area (Å²) in [5, 5.41) is 11.8. The Morgan fingerprint density at radius 1 is 1.42 bits per heavy atom. The molecule has 134 valence electrons. The molecule has 3 rings (SSSR count).